The van der Waals surface area contributed by atoms with E-state index in [9.17, 15) is 14.4 Å². The summed E-state index contributed by atoms with van der Waals surface area (Å²) in [5, 5.41) is 3.04. The molecule has 1 saturated heterocycles. The summed E-state index contributed by atoms with van der Waals surface area (Å²) in [5.74, 6) is -0.519. The largest absolute Gasteiger partial charge is 0.352 e. The number of nitrogens with one attached hydrogen (secondary N) is 1. The molecule has 3 aromatic rings. The van der Waals surface area contributed by atoms with Crippen LogP contribution in [-0.2, 0) is 6.54 Å². The highest BCUT2D eigenvalue weighted by Gasteiger charge is 2.26. The summed E-state index contributed by atoms with van der Waals surface area (Å²) in [6, 6.07) is 12.8. The molecule has 2 amide bonds. The van der Waals surface area contributed by atoms with E-state index in [2.05, 4.69) is 24.1 Å². The molecule has 7 heteroatoms. The summed E-state index contributed by atoms with van der Waals surface area (Å²) in [7, 11) is 0. The molecule has 0 spiro atoms. The lowest BCUT2D eigenvalue weighted by Gasteiger charge is -2.22. The summed E-state index contributed by atoms with van der Waals surface area (Å²) in [6.07, 6.45) is 10.6. The molecule has 3 heterocycles. The number of carbonyl (C=O) groups excluding carboxylic acids is 2. The SMILES string of the molecule is CC(C)Cn1cc(C(=O)N[C@@H](c2ccccc2)c2ccncc2)c(=O)c(C(=O)N2CCCCCC2)c1. The van der Waals surface area contributed by atoms with Crippen molar-refractivity contribution < 1.29 is 9.59 Å². The van der Waals surface area contributed by atoms with Crippen LogP contribution >= 0.6 is 0 Å². The maximum Gasteiger partial charge on any atom is 0.259 e. The first-order valence-electron chi connectivity index (χ1n) is 12.7. The van der Waals surface area contributed by atoms with Gasteiger partial charge in [-0.15, -0.1) is 0 Å². The van der Waals surface area contributed by atoms with Gasteiger partial charge in [0.1, 0.15) is 11.1 Å². The highest BCUT2D eigenvalue weighted by Crippen LogP contribution is 2.22. The van der Waals surface area contributed by atoms with E-state index in [0.29, 0.717) is 19.6 Å². The second kappa shape index (κ2) is 11.8. The first kappa shape index (κ1) is 25.4. The molecule has 0 saturated carbocycles. The fourth-order valence-electron chi connectivity index (χ4n) is 4.69. The fourth-order valence-corrected chi connectivity index (χ4v) is 4.69. The number of benzene rings is 1. The fraction of sp³-hybridized carbons (Fsp3) is 0.379. The number of likely N-dealkylation sites (tertiary alicyclic amines) is 1. The molecule has 1 atom stereocenters. The van der Waals surface area contributed by atoms with Crippen LogP contribution < -0.4 is 10.7 Å². The Morgan fingerprint density at radius 1 is 0.889 bits per heavy atom. The van der Waals surface area contributed by atoms with Crippen LogP contribution in [0.5, 0.6) is 0 Å². The van der Waals surface area contributed by atoms with Gasteiger partial charge in [-0.25, -0.2) is 0 Å². The number of amides is 2. The molecule has 36 heavy (non-hydrogen) atoms. The van der Waals surface area contributed by atoms with E-state index in [1.54, 1.807) is 34.3 Å². The molecule has 0 bridgehead atoms. The molecule has 0 unspecified atom stereocenters. The molecule has 1 N–H and O–H groups in total. The van der Waals surface area contributed by atoms with E-state index in [-0.39, 0.29) is 23.0 Å². The quantitative estimate of drug-likeness (QED) is 0.535. The van der Waals surface area contributed by atoms with Gasteiger partial charge in [-0.1, -0.05) is 57.0 Å². The molecule has 1 fully saturated rings. The van der Waals surface area contributed by atoms with Gasteiger partial charge in [0.15, 0.2) is 0 Å². The van der Waals surface area contributed by atoms with Crippen LogP contribution in [0.2, 0.25) is 0 Å². The summed E-state index contributed by atoms with van der Waals surface area (Å²) in [5.41, 5.74) is 1.25. The summed E-state index contributed by atoms with van der Waals surface area (Å²) in [6.45, 7) is 5.98. The van der Waals surface area contributed by atoms with Crippen molar-refractivity contribution in [1.29, 1.82) is 0 Å². The Labute approximate surface area is 212 Å². The average Bonchev–Trinajstić information content (AvgIpc) is 3.18. The third-order valence-electron chi connectivity index (χ3n) is 6.47. The first-order valence-corrected chi connectivity index (χ1v) is 12.7. The van der Waals surface area contributed by atoms with Crippen molar-refractivity contribution in [2.45, 2.75) is 52.1 Å². The van der Waals surface area contributed by atoms with Gasteiger partial charge in [0, 0.05) is 44.4 Å². The van der Waals surface area contributed by atoms with E-state index in [1.807, 2.05) is 42.5 Å². The number of nitrogens with zero attached hydrogens (tertiary/aromatic N) is 3. The molecule has 7 nitrogen and oxygen atoms in total. The zero-order valence-corrected chi connectivity index (χ0v) is 21.0. The van der Waals surface area contributed by atoms with Crippen molar-refractivity contribution in [2.24, 2.45) is 5.92 Å². The third-order valence-corrected chi connectivity index (χ3v) is 6.47. The van der Waals surface area contributed by atoms with Crippen LogP contribution in [0.15, 0.2) is 72.0 Å². The number of hydrogen-bond donors (Lipinski definition) is 1. The lowest BCUT2D eigenvalue weighted by molar-refractivity contribution is 0.0759. The monoisotopic (exact) mass is 486 g/mol. The number of hydrogen-bond acceptors (Lipinski definition) is 4. The number of carbonyl (C=O) groups is 2. The number of rotatable bonds is 7. The van der Waals surface area contributed by atoms with Crippen LogP contribution in [0, 0.1) is 5.92 Å². The van der Waals surface area contributed by atoms with Crippen molar-refractivity contribution in [2.75, 3.05) is 13.1 Å². The van der Waals surface area contributed by atoms with Crippen molar-refractivity contribution in [3.63, 3.8) is 0 Å². The molecule has 4 rings (SSSR count). The van der Waals surface area contributed by atoms with Crippen LogP contribution in [0.3, 0.4) is 0 Å². The highest BCUT2D eigenvalue weighted by molar-refractivity contribution is 5.99. The summed E-state index contributed by atoms with van der Waals surface area (Å²) < 4.78 is 1.80. The van der Waals surface area contributed by atoms with Gasteiger partial charge >= 0.3 is 0 Å². The predicted octanol–water partition coefficient (Wildman–Crippen LogP) is 4.43. The summed E-state index contributed by atoms with van der Waals surface area (Å²) in [4.78, 5) is 46.4. The number of pyridine rings is 2. The lowest BCUT2D eigenvalue weighted by atomic mass is 9.99. The zero-order valence-electron chi connectivity index (χ0n) is 21.0. The molecule has 188 valence electrons. The molecule has 0 aliphatic carbocycles. The van der Waals surface area contributed by atoms with Gasteiger partial charge in [0.05, 0.1) is 6.04 Å². The molecular formula is C29H34N4O3. The van der Waals surface area contributed by atoms with E-state index < -0.39 is 17.4 Å². The highest BCUT2D eigenvalue weighted by atomic mass is 16.2. The standard InChI is InChI=1S/C29H34N4O3/c1-21(2)18-32-19-24(27(34)25(20-32)29(36)33-16-8-3-4-9-17-33)28(35)31-26(22-10-6-5-7-11-22)23-12-14-30-15-13-23/h5-7,10-15,19-21,26H,3-4,8-9,16-18H2,1-2H3,(H,31,35)/t26-/m0/s1. The van der Waals surface area contributed by atoms with E-state index >= 15 is 0 Å². The Hall–Kier alpha value is -3.74. The second-order valence-electron chi connectivity index (χ2n) is 9.81. The molecule has 1 aliphatic heterocycles. The lowest BCUT2D eigenvalue weighted by Crippen LogP contribution is -2.39. The third kappa shape index (κ3) is 6.08. The maximum absolute atomic E-state index is 13.6. The minimum absolute atomic E-state index is 0.0219. The minimum atomic E-state index is -0.525. The van der Waals surface area contributed by atoms with Crippen molar-refractivity contribution in [1.82, 2.24) is 19.8 Å². The Bertz CT molecular complexity index is 1190. The van der Waals surface area contributed by atoms with E-state index in [1.165, 1.54) is 0 Å². The van der Waals surface area contributed by atoms with Gasteiger partial charge < -0.3 is 14.8 Å². The minimum Gasteiger partial charge on any atom is -0.352 e. The van der Waals surface area contributed by atoms with Gasteiger partial charge in [0.25, 0.3) is 11.8 Å². The zero-order chi connectivity index (χ0) is 25.5. The predicted molar refractivity (Wildman–Crippen MR) is 140 cm³/mol. The molecular weight excluding hydrogens is 452 g/mol. The second-order valence-corrected chi connectivity index (χ2v) is 9.81. The smallest absolute Gasteiger partial charge is 0.259 e. The Morgan fingerprint density at radius 3 is 2.14 bits per heavy atom. The van der Waals surface area contributed by atoms with Gasteiger partial charge in [-0.3, -0.25) is 19.4 Å². The Kier molecular flexibility index (Phi) is 8.31. The van der Waals surface area contributed by atoms with Crippen molar-refractivity contribution in [3.05, 3.63) is 99.7 Å². The van der Waals surface area contributed by atoms with Gasteiger partial charge in [-0.2, -0.15) is 0 Å². The number of aromatic nitrogens is 2. The van der Waals surface area contributed by atoms with Crippen LogP contribution in [0.25, 0.3) is 0 Å². The van der Waals surface area contributed by atoms with Gasteiger partial charge in [-0.05, 0) is 42.0 Å². The van der Waals surface area contributed by atoms with Crippen LogP contribution in [0.4, 0.5) is 0 Å². The van der Waals surface area contributed by atoms with E-state index in [4.69, 9.17) is 0 Å². The molecule has 0 radical (unpaired) electrons. The van der Waals surface area contributed by atoms with Crippen molar-refractivity contribution >= 4 is 11.8 Å². The van der Waals surface area contributed by atoms with Gasteiger partial charge in [0.2, 0.25) is 5.43 Å². The normalized spacial score (nSPS) is 14.8. The van der Waals surface area contributed by atoms with Crippen LogP contribution in [0.1, 0.15) is 77.4 Å². The first-order chi connectivity index (χ1) is 17.4. The maximum atomic E-state index is 13.6. The topological polar surface area (TPSA) is 84.3 Å². The van der Waals surface area contributed by atoms with E-state index in [0.717, 1.165) is 36.8 Å². The van der Waals surface area contributed by atoms with Crippen molar-refractivity contribution in [3.8, 4) is 0 Å². The summed E-state index contributed by atoms with van der Waals surface area (Å²) >= 11 is 0. The Balaban J connectivity index is 1.71. The molecule has 1 aromatic carbocycles. The van der Waals surface area contributed by atoms with Crippen LogP contribution in [-0.4, -0.2) is 39.4 Å². The Morgan fingerprint density at radius 2 is 1.50 bits per heavy atom. The molecule has 1 aliphatic rings. The average molecular weight is 487 g/mol. The molecule has 2 aromatic heterocycles.